The van der Waals surface area contributed by atoms with Crippen LogP contribution in [0.25, 0.3) is 0 Å². The number of anilines is 2. The van der Waals surface area contributed by atoms with Crippen LogP contribution in [0.5, 0.6) is 11.5 Å². The number of methoxy groups -OCH3 is 2. The quantitative estimate of drug-likeness (QED) is 0.685. The Morgan fingerprint density at radius 2 is 1.64 bits per heavy atom. The second-order valence-corrected chi connectivity index (χ2v) is 5.77. The van der Waals surface area contributed by atoms with E-state index in [9.17, 15) is 9.59 Å². The second-order valence-electron chi connectivity index (χ2n) is 5.77. The number of aromatic nitrogens is 1. The molecule has 2 amide bonds. The zero-order valence-electron chi connectivity index (χ0n) is 15.4. The first-order valence-electron chi connectivity index (χ1n) is 8.46. The lowest BCUT2D eigenvalue weighted by atomic mass is 10.2. The molecule has 28 heavy (non-hydrogen) atoms. The highest BCUT2D eigenvalue weighted by atomic mass is 16.5. The van der Waals surface area contributed by atoms with Crippen LogP contribution >= 0.6 is 0 Å². The van der Waals surface area contributed by atoms with Gasteiger partial charge in [-0.3, -0.25) is 14.6 Å². The Hall–Kier alpha value is -3.87. The van der Waals surface area contributed by atoms with Crippen LogP contribution in [0, 0.1) is 0 Å². The van der Waals surface area contributed by atoms with Crippen LogP contribution < -0.4 is 20.1 Å². The molecule has 2 N–H and O–H groups in total. The largest absolute Gasteiger partial charge is 0.497 e. The Balaban J connectivity index is 1.76. The van der Waals surface area contributed by atoms with Crippen LogP contribution in [-0.2, 0) is 0 Å². The highest BCUT2D eigenvalue weighted by Crippen LogP contribution is 2.29. The molecule has 0 unspecified atom stereocenters. The van der Waals surface area contributed by atoms with Crippen LogP contribution in [0.3, 0.4) is 0 Å². The lowest BCUT2D eigenvalue weighted by Gasteiger charge is -2.11. The van der Waals surface area contributed by atoms with Gasteiger partial charge in [-0.15, -0.1) is 0 Å². The van der Waals surface area contributed by atoms with Crippen LogP contribution in [0.15, 0.2) is 66.9 Å². The van der Waals surface area contributed by atoms with E-state index in [0.29, 0.717) is 28.4 Å². The van der Waals surface area contributed by atoms with E-state index in [1.165, 1.54) is 19.4 Å². The van der Waals surface area contributed by atoms with Gasteiger partial charge in [0.15, 0.2) is 0 Å². The number of nitrogens with one attached hydrogen (secondary N) is 2. The molecule has 7 heteroatoms. The fourth-order valence-electron chi connectivity index (χ4n) is 2.51. The summed E-state index contributed by atoms with van der Waals surface area (Å²) in [6.45, 7) is 0. The third kappa shape index (κ3) is 4.45. The van der Waals surface area contributed by atoms with Gasteiger partial charge in [0.2, 0.25) is 0 Å². The van der Waals surface area contributed by atoms with Crippen LogP contribution in [0.4, 0.5) is 11.4 Å². The highest BCUT2D eigenvalue weighted by Gasteiger charge is 2.14. The van der Waals surface area contributed by atoms with Crippen molar-refractivity contribution < 1.29 is 19.1 Å². The summed E-state index contributed by atoms with van der Waals surface area (Å²) in [5, 5.41) is 5.50. The molecule has 0 spiro atoms. The maximum Gasteiger partial charge on any atom is 0.274 e. The summed E-state index contributed by atoms with van der Waals surface area (Å²) >= 11 is 0. The van der Waals surface area contributed by atoms with Crippen molar-refractivity contribution in [2.24, 2.45) is 0 Å². The first-order valence-corrected chi connectivity index (χ1v) is 8.46. The minimum Gasteiger partial charge on any atom is -0.497 e. The molecular weight excluding hydrogens is 358 g/mol. The van der Waals surface area contributed by atoms with E-state index in [2.05, 4.69) is 15.6 Å². The maximum absolute atomic E-state index is 12.6. The fraction of sp³-hybridized carbons (Fsp3) is 0.0952. The molecule has 3 rings (SSSR count). The highest BCUT2D eigenvalue weighted by molar-refractivity contribution is 6.08. The zero-order chi connectivity index (χ0) is 19.9. The molecule has 0 fully saturated rings. The molecule has 142 valence electrons. The summed E-state index contributed by atoms with van der Waals surface area (Å²) in [5.41, 5.74) is 1.57. The molecule has 0 atom stereocenters. The number of carbonyl (C=O) groups excluding carboxylic acids is 2. The normalized spacial score (nSPS) is 10.1. The minimum atomic E-state index is -0.460. The molecule has 1 aromatic heterocycles. The van der Waals surface area contributed by atoms with Gasteiger partial charge in [0, 0.05) is 23.5 Å². The van der Waals surface area contributed by atoms with Crippen molar-refractivity contribution in [2.75, 3.05) is 24.9 Å². The third-order valence-electron chi connectivity index (χ3n) is 3.94. The SMILES string of the molecule is COc1ccc(NC(=O)c2cc(C(=O)Nc3ccccc3)ccn2)c(OC)c1. The molecule has 0 aliphatic carbocycles. The summed E-state index contributed by atoms with van der Waals surface area (Å²) in [5.74, 6) is 0.265. The van der Waals surface area contributed by atoms with E-state index < -0.39 is 5.91 Å². The summed E-state index contributed by atoms with van der Waals surface area (Å²) in [7, 11) is 3.04. The monoisotopic (exact) mass is 377 g/mol. The molecule has 7 nitrogen and oxygen atoms in total. The van der Waals surface area contributed by atoms with Gasteiger partial charge < -0.3 is 20.1 Å². The van der Waals surface area contributed by atoms with Gasteiger partial charge in [-0.05, 0) is 36.4 Å². The van der Waals surface area contributed by atoms with E-state index in [1.807, 2.05) is 18.2 Å². The van der Waals surface area contributed by atoms with Gasteiger partial charge in [0.25, 0.3) is 11.8 Å². The molecule has 0 aliphatic rings. The molecule has 1 heterocycles. The molecule has 0 bridgehead atoms. The van der Waals surface area contributed by atoms with Crippen LogP contribution in [0.2, 0.25) is 0 Å². The number of benzene rings is 2. The Bertz CT molecular complexity index is 990. The second kappa shape index (κ2) is 8.68. The number of rotatable bonds is 6. The number of carbonyl (C=O) groups is 2. The Morgan fingerprint density at radius 3 is 2.36 bits per heavy atom. The van der Waals surface area contributed by atoms with Gasteiger partial charge in [-0.2, -0.15) is 0 Å². The van der Waals surface area contributed by atoms with Crippen molar-refractivity contribution in [1.29, 1.82) is 0 Å². The van der Waals surface area contributed by atoms with Gasteiger partial charge >= 0.3 is 0 Å². The van der Waals surface area contributed by atoms with Gasteiger partial charge in [-0.25, -0.2) is 0 Å². The van der Waals surface area contributed by atoms with Gasteiger partial charge in [-0.1, -0.05) is 18.2 Å². The average Bonchev–Trinajstić information content (AvgIpc) is 2.74. The molecule has 3 aromatic rings. The van der Waals surface area contributed by atoms with E-state index in [0.717, 1.165) is 0 Å². The predicted octanol–water partition coefficient (Wildman–Crippen LogP) is 3.60. The van der Waals surface area contributed by atoms with Gasteiger partial charge in [0.05, 0.1) is 19.9 Å². The Kier molecular flexibility index (Phi) is 5.86. The molecular formula is C21H19N3O4. The van der Waals surface area contributed by atoms with Crippen molar-refractivity contribution in [1.82, 2.24) is 4.98 Å². The molecule has 2 aromatic carbocycles. The number of nitrogens with zero attached hydrogens (tertiary/aromatic N) is 1. The molecule has 0 aliphatic heterocycles. The van der Waals surface area contributed by atoms with E-state index in [-0.39, 0.29) is 11.6 Å². The maximum atomic E-state index is 12.6. The third-order valence-corrected chi connectivity index (χ3v) is 3.94. The van der Waals surface area contributed by atoms with Gasteiger partial charge in [0.1, 0.15) is 17.2 Å². The summed E-state index contributed by atoms with van der Waals surface area (Å²) in [6.07, 6.45) is 1.42. The van der Waals surface area contributed by atoms with Crippen molar-refractivity contribution in [3.63, 3.8) is 0 Å². The number of pyridine rings is 1. The lowest BCUT2D eigenvalue weighted by Crippen LogP contribution is -2.17. The van der Waals surface area contributed by atoms with Crippen LogP contribution in [-0.4, -0.2) is 31.0 Å². The van der Waals surface area contributed by atoms with Crippen LogP contribution in [0.1, 0.15) is 20.8 Å². The average molecular weight is 377 g/mol. The molecule has 0 saturated heterocycles. The predicted molar refractivity (Wildman–Crippen MR) is 106 cm³/mol. The topological polar surface area (TPSA) is 89.5 Å². The first kappa shape index (κ1) is 18.9. The minimum absolute atomic E-state index is 0.110. The van der Waals surface area contributed by atoms with Crippen molar-refractivity contribution >= 4 is 23.2 Å². The van der Waals surface area contributed by atoms with Crippen molar-refractivity contribution in [3.05, 3.63) is 78.1 Å². The number of hydrogen-bond acceptors (Lipinski definition) is 5. The van der Waals surface area contributed by atoms with E-state index >= 15 is 0 Å². The standard InChI is InChI=1S/C21H19N3O4/c1-27-16-8-9-17(19(13-16)28-2)24-21(26)18-12-14(10-11-22-18)20(25)23-15-6-4-3-5-7-15/h3-13H,1-2H3,(H,23,25)(H,24,26). The first-order chi connectivity index (χ1) is 13.6. The summed E-state index contributed by atoms with van der Waals surface area (Å²) in [4.78, 5) is 29.0. The number of para-hydroxylation sites is 1. The molecule has 0 radical (unpaired) electrons. The summed E-state index contributed by atoms with van der Waals surface area (Å²) in [6, 6.07) is 17.1. The van der Waals surface area contributed by atoms with E-state index in [4.69, 9.17) is 9.47 Å². The molecule has 0 saturated carbocycles. The lowest BCUT2D eigenvalue weighted by molar-refractivity contribution is 0.102. The number of amides is 2. The summed E-state index contributed by atoms with van der Waals surface area (Å²) < 4.78 is 10.4. The van der Waals surface area contributed by atoms with Crippen molar-refractivity contribution in [2.45, 2.75) is 0 Å². The number of ether oxygens (including phenoxy) is 2. The van der Waals surface area contributed by atoms with E-state index in [1.54, 1.807) is 43.5 Å². The number of hydrogen-bond donors (Lipinski definition) is 2. The fourth-order valence-corrected chi connectivity index (χ4v) is 2.51. The van der Waals surface area contributed by atoms with Crippen molar-refractivity contribution in [3.8, 4) is 11.5 Å². The Morgan fingerprint density at radius 1 is 0.857 bits per heavy atom. The smallest absolute Gasteiger partial charge is 0.274 e. The Labute approximate surface area is 162 Å². The zero-order valence-corrected chi connectivity index (χ0v) is 15.4.